The summed E-state index contributed by atoms with van der Waals surface area (Å²) in [6.45, 7) is 5.27. The Morgan fingerprint density at radius 1 is 1.53 bits per heavy atom. The van der Waals surface area contributed by atoms with Crippen LogP contribution in [0.25, 0.3) is 0 Å². The number of nitrogens with two attached hydrogens (primary N) is 1. The molecule has 1 unspecified atom stereocenters. The lowest BCUT2D eigenvalue weighted by Gasteiger charge is -2.21. The van der Waals surface area contributed by atoms with Crippen LogP contribution in [0.3, 0.4) is 0 Å². The molecule has 1 atom stereocenters. The predicted octanol–water partition coefficient (Wildman–Crippen LogP) is 2.05. The van der Waals surface area contributed by atoms with Gasteiger partial charge in [0.2, 0.25) is 0 Å². The van der Waals surface area contributed by atoms with Gasteiger partial charge in [-0.25, -0.2) is 4.79 Å². The van der Waals surface area contributed by atoms with E-state index in [0.717, 1.165) is 11.3 Å². The van der Waals surface area contributed by atoms with Crippen molar-refractivity contribution in [3.05, 3.63) is 29.8 Å². The molecule has 1 aromatic carbocycles. The highest BCUT2D eigenvalue weighted by Gasteiger charge is 2.11. The lowest BCUT2D eigenvalue weighted by atomic mass is 10.2. The fourth-order valence-electron chi connectivity index (χ4n) is 1.57. The molecule has 0 aromatic heterocycles. The van der Waals surface area contributed by atoms with Crippen molar-refractivity contribution in [3.63, 3.8) is 0 Å². The van der Waals surface area contributed by atoms with E-state index in [1.165, 1.54) is 0 Å². The zero-order valence-electron chi connectivity index (χ0n) is 10.7. The van der Waals surface area contributed by atoms with Crippen molar-refractivity contribution in [1.29, 1.82) is 0 Å². The summed E-state index contributed by atoms with van der Waals surface area (Å²) in [6, 6.07) is 7.64. The number of nitrogens with one attached hydrogen (secondary N) is 1. The maximum atomic E-state index is 11.8. The molecule has 3 N–H and O–H groups in total. The summed E-state index contributed by atoms with van der Waals surface area (Å²) in [7, 11) is 1.78. The lowest BCUT2D eigenvalue weighted by molar-refractivity contribution is 0.216. The Morgan fingerprint density at radius 2 is 2.24 bits per heavy atom. The van der Waals surface area contributed by atoms with Gasteiger partial charge < -0.3 is 16.0 Å². The molecule has 2 amide bonds. The summed E-state index contributed by atoms with van der Waals surface area (Å²) in [5, 5.41) is 2.86. The average molecular weight is 235 g/mol. The number of hydrogen-bond donors (Lipinski definition) is 2. The summed E-state index contributed by atoms with van der Waals surface area (Å²) in [6.07, 6.45) is 0. The molecule has 0 aliphatic heterocycles. The minimum absolute atomic E-state index is 0.101. The van der Waals surface area contributed by atoms with Crippen LogP contribution in [0.1, 0.15) is 12.5 Å². The molecule has 0 bridgehead atoms. The maximum absolute atomic E-state index is 11.8. The molecule has 1 aromatic rings. The van der Waals surface area contributed by atoms with E-state index in [4.69, 9.17) is 5.73 Å². The SMILES string of the molecule is Cc1cccc(NC(=O)N(C)CC(C)CN)c1. The third-order valence-electron chi connectivity index (χ3n) is 2.60. The van der Waals surface area contributed by atoms with Crippen LogP contribution in [-0.2, 0) is 0 Å². The Kier molecular flexibility index (Phi) is 4.97. The van der Waals surface area contributed by atoms with Crippen molar-refractivity contribution in [2.24, 2.45) is 11.7 Å². The van der Waals surface area contributed by atoms with Crippen molar-refractivity contribution >= 4 is 11.7 Å². The van der Waals surface area contributed by atoms with Crippen LogP contribution in [-0.4, -0.2) is 31.1 Å². The number of anilines is 1. The molecule has 0 fully saturated rings. The molecule has 0 heterocycles. The Balaban J connectivity index is 2.54. The largest absolute Gasteiger partial charge is 0.330 e. The molecule has 94 valence electrons. The van der Waals surface area contributed by atoms with Gasteiger partial charge >= 0.3 is 6.03 Å². The maximum Gasteiger partial charge on any atom is 0.321 e. The number of benzene rings is 1. The molecule has 4 nitrogen and oxygen atoms in total. The summed E-state index contributed by atoms with van der Waals surface area (Å²) in [5.74, 6) is 0.309. The Morgan fingerprint density at radius 3 is 2.82 bits per heavy atom. The van der Waals surface area contributed by atoms with Crippen molar-refractivity contribution in [1.82, 2.24) is 4.90 Å². The smallest absolute Gasteiger partial charge is 0.321 e. The fraction of sp³-hybridized carbons (Fsp3) is 0.462. The van der Waals surface area contributed by atoms with Crippen LogP contribution in [0, 0.1) is 12.8 Å². The van der Waals surface area contributed by atoms with Crippen LogP contribution in [0.15, 0.2) is 24.3 Å². The number of amides is 2. The lowest BCUT2D eigenvalue weighted by Crippen LogP contribution is -2.36. The normalized spacial score (nSPS) is 12.0. The van der Waals surface area contributed by atoms with E-state index < -0.39 is 0 Å². The second-order valence-electron chi connectivity index (χ2n) is 4.52. The fourth-order valence-corrected chi connectivity index (χ4v) is 1.57. The van der Waals surface area contributed by atoms with Gasteiger partial charge in [-0.3, -0.25) is 0 Å². The zero-order chi connectivity index (χ0) is 12.8. The van der Waals surface area contributed by atoms with Gasteiger partial charge in [0.1, 0.15) is 0 Å². The molecule has 0 radical (unpaired) electrons. The molecule has 17 heavy (non-hydrogen) atoms. The van der Waals surface area contributed by atoms with Gasteiger partial charge in [-0.1, -0.05) is 19.1 Å². The number of aryl methyl sites for hydroxylation is 1. The molecule has 0 saturated heterocycles. The van der Waals surface area contributed by atoms with Gasteiger partial charge in [0.05, 0.1) is 0 Å². The van der Waals surface area contributed by atoms with E-state index in [1.807, 2.05) is 38.1 Å². The van der Waals surface area contributed by atoms with E-state index in [9.17, 15) is 4.79 Å². The second kappa shape index (κ2) is 6.25. The molecule has 0 aliphatic rings. The van der Waals surface area contributed by atoms with Crippen LogP contribution < -0.4 is 11.1 Å². The first kappa shape index (κ1) is 13.5. The molecule has 0 aliphatic carbocycles. The van der Waals surface area contributed by atoms with Crippen molar-refractivity contribution in [3.8, 4) is 0 Å². The predicted molar refractivity (Wildman–Crippen MR) is 71.0 cm³/mol. The number of hydrogen-bond acceptors (Lipinski definition) is 2. The summed E-state index contributed by atoms with van der Waals surface area (Å²) >= 11 is 0. The Hall–Kier alpha value is -1.55. The Bertz CT molecular complexity index is 379. The number of urea groups is 1. The third-order valence-corrected chi connectivity index (χ3v) is 2.60. The van der Waals surface area contributed by atoms with Crippen LogP contribution in [0.5, 0.6) is 0 Å². The quantitative estimate of drug-likeness (QED) is 0.839. The summed E-state index contributed by atoms with van der Waals surface area (Å²) in [4.78, 5) is 13.5. The number of carbonyl (C=O) groups excluding carboxylic acids is 1. The van der Waals surface area contributed by atoms with Gasteiger partial charge in [-0.05, 0) is 37.1 Å². The van der Waals surface area contributed by atoms with E-state index in [1.54, 1.807) is 11.9 Å². The highest BCUT2D eigenvalue weighted by atomic mass is 16.2. The molecular weight excluding hydrogens is 214 g/mol. The summed E-state index contributed by atoms with van der Waals surface area (Å²) in [5.41, 5.74) is 7.48. The zero-order valence-corrected chi connectivity index (χ0v) is 10.7. The first-order valence-corrected chi connectivity index (χ1v) is 5.81. The van der Waals surface area contributed by atoms with Crippen molar-refractivity contribution in [2.75, 3.05) is 25.5 Å². The molecule has 4 heteroatoms. The summed E-state index contributed by atoms with van der Waals surface area (Å²) < 4.78 is 0. The first-order chi connectivity index (χ1) is 8.02. The van der Waals surface area contributed by atoms with Crippen molar-refractivity contribution < 1.29 is 4.79 Å². The Labute approximate surface area is 103 Å². The minimum Gasteiger partial charge on any atom is -0.330 e. The van der Waals surface area contributed by atoms with Crippen LogP contribution in [0.2, 0.25) is 0 Å². The third kappa shape index (κ3) is 4.44. The van der Waals surface area contributed by atoms with Gasteiger partial charge in [-0.15, -0.1) is 0 Å². The molecule has 0 spiro atoms. The van der Waals surface area contributed by atoms with E-state index in [-0.39, 0.29) is 6.03 Å². The van der Waals surface area contributed by atoms with Crippen LogP contribution >= 0.6 is 0 Å². The second-order valence-corrected chi connectivity index (χ2v) is 4.52. The van der Waals surface area contributed by atoms with E-state index in [2.05, 4.69) is 5.32 Å². The van der Waals surface area contributed by atoms with Gasteiger partial charge in [0.15, 0.2) is 0 Å². The molecule has 0 saturated carbocycles. The topological polar surface area (TPSA) is 58.4 Å². The van der Waals surface area contributed by atoms with E-state index >= 15 is 0 Å². The average Bonchev–Trinajstić information content (AvgIpc) is 2.28. The molecular formula is C13H21N3O. The van der Waals surface area contributed by atoms with Gasteiger partial charge in [0, 0.05) is 19.3 Å². The number of carbonyl (C=O) groups is 1. The number of rotatable bonds is 4. The highest BCUT2D eigenvalue weighted by Crippen LogP contribution is 2.10. The van der Waals surface area contributed by atoms with Gasteiger partial charge in [-0.2, -0.15) is 0 Å². The first-order valence-electron chi connectivity index (χ1n) is 5.81. The standard InChI is InChI=1S/C13H21N3O/c1-10-5-4-6-12(7-10)15-13(17)16(3)9-11(2)8-14/h4-7,11H,8-9,14H2,1-3H3,(H,15,17). The van der Waals surface area contributed by atoms with E-state index in [0.29, 0.717) is 19.0 Å². The van der Waals surface area contributed by atoms with Crippen LogP contribution in [0.4, 0.5) is 10.5 Å². The minimum atomic E-state index is -0.101. The molecule has 1 rings (SSSR count). The monoisotopic (exact) mass is 235 g/mol. The van der Waals surface area contributed by atoms with Crippen molar-refractivity contribution in [2.45, 2.75) is 13.8 Å². The highest BCUT2D eigenvalue weighted by molar-refractivity contribution is 5.89. The van der Waals surface area contributed by atoms with Gasteiger partial charge in [0.25, 0.3) is 0 Å². The number of nitrogens with zero attached hydrogens (tertiary/aromatic N) is 1.